The van der Waals surface area contributed by atoms with Gasteiger partial charge in [0.15, 0.2) is 4.80 Å². The van der Waals surface area contributed by atoms with Crippen LogP contribution in [0.4, 0.5) is 5.69 Å². The number of thiazole rings is 1. The van der Waals surface area contributed by atoms with Crippen molar-refractivity contribution >= 4 is 58.0 Å². The minimum Gasteiger partial charge on any atom is -0.496 e. The van der Waals surface area contributed by atoms with E-state index >= 15 is 0 Å². The van der Waals surface area contributed by atoms with E-state index in [2.05, 4.69) is 5.10 Å². The number of benzene rings is 3. The zero-order chi connectivity index (χ0) is 31.0. The van der Waals surface area contributed by atoms with Crippen molar-refractivity contribution in [2.24, 2.45) is 16.0 Å². The number of hydrazone groups is 1. The number of carbonyl (C=O) groups is 2. The molecule has 3 aromatic carbocycles. The number of nitrogens with zero attached hydrogens (tertiary/aromatic N) is 4. The third-order valence-corrected chi connectivity index (χ3v) is 8.60. The van der Waals surface area contributed by atoms with Gasteiger partial charge >= 0.3 is 5.97 Å². The molecule has 1 aromatic heterocycles. The van der Waals surface area contributed by atoms with Gasteiger partial charge in [-0.3, -0.25) is 14.2 Å². The van der Waals surface area contributed by atoms with Crippen molar-refractivity contribution in [2.75, 3.05) is 18.7 Å². The van der Waals surface area contributed by atoms with E-state index in [1.165, 1.54) is 16.7 Å². The number of hydrogen-bond acceptors (Lipinski definition) is 8. The summed E-state index contributed by atoms with van der Waals surface area (Å²) in [4.78, 5) is 46.7. The van der Waals surface area contributed by atoms with Gasteiger partial charge in [0.1, 0.15) is 17.7 Å². The average Bonchev–Trinajstić information content (AvgIpc) is 3.51. The summed E-state index contributed by atoms with van der Waals surface area (Å²) in [5.41, 5.74) is 2.46. The van der Waals surface area contributed by atoms with E-state index in [0.29, 0.717) is 43.8 Å². The highest BCUT2D eigenvalue weighted by Crippen LogP contribution is 2.39. The zero-order valence-electron chi connectivity index (χ0n) is 24.1. The average molecular weight is 627 g/mol. The van der Waals surface area contributed by atoms with E-state index < -0.39 is 23.5 Å². The molecule has 0 fully saturated rings. The largest absolute Gasteiger partial charge is 0.496 e. The molecule has 2 atom stereocenters. The third-order valence-electron chi connectivity index (χ3n) is 7.36. The first kappa shape index (κ1) is 29.3. The fourth-order valence-corrected chi connectivity index (χ4v) is 6.54. The van der Waals surface area contributed by atoms with Crippen LogP contribution in [0.15, 0.2) is 99.3 Å². The van der Waals surface area contributed by atoms with Crippen molar-refractivity contribution in [3.8, 4) is 5.75 Å². The van der Waals surface area contributed by atoms with Gasteiger partial charge in [0.25, 0.3) is 11.5 Å². The normalized spacial score (nSPS) is 18.2. The quantitative estimate of drug-likeness (QED) is 0.279. The molecule has 4 aromatic rings. The van der Waals surface area contributed by atoms with Crippen LogP contribution in [0.25, 0.3) is 11.8 Å². The third kappa shape index (κ3) is 5.16. The number of methoxy groups -OCH3 is 1. The highest BCUT2D eigenvalue weighted by Gasteiger charge is 2.38. The first-order valence-electron chi connectivity index (χ1n) is 13.9. The van der Waals surface area contributed by atoms with Gasteiger partial charge in [-0.25, -0.2) is 9.79 Å². The van der Waals surface area contributed by atoms with E-state index in [1.807, 2.05) is 48.5 Å². The van der Waals surface area contributed by atoms with E-state index in [1.54, 1.807) is 50.3 Å². The Morgan fingerprint density at radius 2 is 1.75 bits per heavy atom. The predicted molar refractivity (Wildman–Crippen MR) is 170 cm³/mol. The van der Waals surface area contributed by atoms with Crippen LogP contribution in [0.1, 0.15) is 31.0 Å². The molecule has 44 heavy (non-hydrogen) atoms. The van der Waals surface area contributed by atoms with Gasteiger partial charge in [-0.1, -0.05) is 71.5 Å². The van der Waals surface area contributed by atoms with Crippen molar-refractivity contribution < 1.29 is 19.1 Å². The molecule has 0 spiro atoms. The Balaban J connectivity index is 1.59. The lowest BCUT2D eigenvalue weighted by atomic mass is 9.92. The minimum atomic E-state index is -0.980. The van der Waals surface area contributed by atoms with Gasteiger partial charge in [-0.15, -0.1) is 0 Å². The maximum atomic E-state index is 14.3. The number of ether oxygens (including phenoxy) is 2. The van der Waals surface area contributed by atoms with Crippen LogP contribution >= 0.6 is 22.9 Å². The molecular formula is C33H27ClN4O5S. The standard InChI is InChI=1S/C33H27ClN4O5S/c1-4-43-32(41)27-28(20-11-7-5-8-12-20)35-33-37(29(27)24-17-21(34)15-16-25(24)42-3)31(40)26(44-33)18-23-19(2)36-38(30(23)39)22-13-9-6-10-14-22/h5-18,23,29H,4H2,1-3H3/b26-18-/t23-,29-/m1/s1. The Bertz CT molecular complexity index is 2020. The number of rotatable bonds is 7. The Morgan fingerprint density at radius 3 is 2.43 bits per heavy atom. The molecule has 0 saturated heterocycles. The van der Waals surface area contributed by atoms with E-state index in [0.717, 1.165) is 11.3 Å². The Labute approximate surface area is 261 Å². The Morgan fingerprint density at radius 1 is 1.05 bits per heavy atom. The number of aromatic nitrogens is 1. The van der Waals surface area contributed by atoms with Gasteiger partial charge < -0.3 is 9.47 Å². The van der Waals surface area contributed by atoms with Gasteiger partial charge in [0.05, 0.1) is 40.9 Å². The fourth-order valence-electron chi connectivity index (χ4n) is 5.34. The summed E-state index contributed by atoms with van der Waals surface area (Å²) in [6.45, 7) is 3.59. The Hall–Kier alpha value is -4.80. The van der Waals surface area contributed by atoms with Crippen LogP contribution in [0.2, 0.25) is 5.02 Å². The van der Waals surface area contributed by atoms with Gasteiger partial charge in [-0.05, 0) is 50.3 Å². The number of esters is 1. The maximum absolute atomic E-state index is 14.3. The topological polar surface area (TPSA) is 103 Å². The summed E-state index contributed by atoms with van der Waals surface area (Å²) in [6, 6.07) is 22.4. The van der Waals surface area contributed by atoms with Gasteiger partial charge in [0.2, 0.25) is 0 Å². The van der Waals surface area contributed by atoms with Crippen molar-refractivity contribution in [2.45, 2.75) is 19.9 Å². The summed E-state index contributed by atoms with van der Waals surface area (Å²) < 4.78 is 12.9. The van der Waals surface area contributed by atoms with Crippen molar-refractivity contribution in [1.29, 1.82) is 0 Å². The molecule has 2 aliphatic heterocycles. The maximum Gasteiger partial charge on any atom is 0.338 e. The van der Waals surface area contributed by atoms with Gasteiger partial charge in [-0.2, -0.15) is 10.1 Å². The number of amides is 1. The predicted octanol–water partition coefficient (Wildman–Crippen LogP) is 4.59. The molecular weight excluding hydrogens is 600 g/mol. The lowest BCUT2D eigenvalue weighted by molar-refractivity contribution is -0.138. The van der Waals surface area contributed by atoms with Crippen LogP contribution in [0.5, 0.6) is 5.75 Å². The van der Waals surface area contributed by atoms with Crippen molar-refractivity contribution in [3.63, 3.8) is 0 Å². The molecule has 0 saturated carbocycles. The fraction of sp³-hybridized carbons (Fsp3) is 0.182. The molecule has 2 aliphatic rings. The number of anilines is 1. The molecule has 9 nitrogen and oxygen atoms in total. The molecule has 0 aliphatic carbocycles. The van der Waals surface area contributed by atoms with Crippen LogP contribution in [0, 0.1) is 5.92 Å². The van der Waals surface area contributed by atoms with Crippen LogP contribution in [-0.4, -0.2) is 35.9 Å². The molecule has 0 bridgehead atoms. The second-order valence-electron chi connectivity index (χ2n) is 10.0. The van der Waals surface area contributed by atoms with Crippen molar-refractivity contribution in [3.05, 3.63) is 120 Å². The van der Waals surface area contributed by atoms with Crippen LogP contribution < -0.4 is 24.6 Å². The SMILES string of the molecule is CCOC(=O)C1=C(c2ccccc2)N=c2s/c(=C\[C@H]3C(=O)N(c4ccccc4)N=C3C)c(=O)n2[C@@H]1c1cc(Cl)ccc1OC. The number of halogens is 1. The summed E-state index contributed by atoms with van der Waals surface area (Å²) in [5, 5.41) is 6.22. The molecule has 0 radical (unpaired) electrons. The monoisotopic (exact) mass is 626 g/mol. The second-order valence-corrected chi connectivity index (χ2v) is 11.5. The highest BCUT2D eigenvalue weighted by atomic mass is 35.5. The van der Waals surface area contributed by atoms with Crippen LogP contribution in [-0.2, 0) is 14.3 Å². The summed E-state index contributed by atoms with van der Waals surface area (Å²) in [5.74, 6) is -1.22. The first-order valence-corrected chi connectivity index (χ1v) is 15.1. The molecule has 0 unspecified atom stereocenters. The zero-order valence-corrected chi connectivity index (χ0v) is 25.6. The lowest BCUT2D eigenvalue weighted by Gasteiger charge is -2.27. The highest BCUT2D eigenvalue weighted by molar-refractivity contribution is 7.07. The molecule has 222 valence electrons. The number of carbonyl (C=O) groups excluding carboxylic acids is 2. The smallest absolute Gasteiger partial charge is 0.338 e. The van der Waals surface area contributed by atoms with Crippen molar-refractivity contribution in [1.82, 2.24) is 4.57 Å². The molecule has 11 heteroatoms. The first-order chi connectivity index (χ1) is 21.3. The van der Waals surface area contributed by atoms with Crippen LogP contribution in [0.3, 0.4) is 0 Å². The lowest BCUT2D eigenvalue weighted by Crippen LogP contribution is -2.40. The number of para-hydroxylation sites is 1. The summed E-state index contributed by atoms with van der Waals surface area (Å²) in [7, 11) is 1.51. The molecule has 1 amide bonds. The number of fused-ring (bicyclic) bond motifs is 1. The van der Waals surface area contributed by atoms with E-state index in [4.69, 9.17) is 26.1 Å². The van der Waals surface area contributed by atoms with Gasteiger partial charge in [0, 0.05) is 16.1 Å². The van der Waals surface area contributed by atoms with E-state index in [9.17, 15) is 14.4 Å². The molecule has 3 heterocycles. The Kier molecular flexibility index (Phi) is 8.03. The molecule has 0 N–H and O–H groups in total. The van der Waals surface area contributed by atoms with E-state index in [-0.39, 0.29) is 22.6 Å². The number of hydrogen-bond donors (Lipinski definition) is 0. The summed E-state index contributed by atoms with van der Waals surface area (Å²) >= 11 is 7.59. The minimum absolute atomic E-state index is 0.120. The second kappa shape index (κ2) is 12.1. The molecule has 6 rings (SSSR count). The summed E-state index contributed by atoms with van der Waals surface area (Å²) in [6.07, 6.45) is 1.62.